The van der Waals surface area contributed by atoms with Gasteiger partial charge >= 0.3 is 11.9 Å². The van der Waals surface area contributed by atoms with Crippen LogP contribution in [0.2, 0.25) is 4.34 Å². The maximum absolute atomic E-state index is 12.6. The third-order valence-electron chi connectivity index (χ3n) is 3.93. The molecule has 1 N–H and O–H groups in total. The van der Waals surface area contributed by atoms with Crippen molar-refractivity contribution in [3.63, 3.8) is 0 Å². The number of ether oxygens (including phenoxy) is 2. The summed E-state index contributed by atoms with van der Waals surface area (Å²) in [4.78, 5) is 41.3. The SMILES string of the molecule is CCOC(=O)c1c(NC(=O)COC(=O)c2scnc2C)sc(Cl)c1-c1ccccc1. The van der Waals surface area contributed by atoms with Crippen LogP contribution in [0.15, 0.2) is 35.8 Å². The van der Waals surface area contributed by atoms with Crippen LogP contribution in [-0.2, 0) is 14.3 Å². The fourth-order valence-corrected chi connectivity index (χ4v) is 4.69. The number of hydrogen-bond acceptors (Lipinski definition) is 8. The van der Waals surface area contributed by atoms with E-state index in [9.17, 15) is 14.4 Å². The van der Waals surface area contributed by atoms with Crippen LogP contribution in [-0.4, -0.2) is 36.0 Å². The van der Waals surface area contributed by atoms with E-state index >= 15 is 0 Å². The van der Waals surface area contributed by atoms with Crippen LogP contribution in [0.1, 0.15) is 32.6 Å². The van der Waals surface area contributed by atoms with Gasteiger partial charge in [-0.05, 0) is 19.4 Å². The Morgan fingerprint density at radius 1 is 1.13 bits per heavy atom. The lowest BCUT2D eigenvalue weighted by atomic mass is 10.0. The first-order valence-corrected chi connectivity index (χ1v) is 10.9. The number of thiophene rings is 1. The lowest BCUT2D eigenvalue weighted by Gasteiger charge is -2.09. The Morgan fingerprint density at radius 3 is 2.50 bits per heavy atom. The third kappa shape index (κ3) is 4.86. The summed E-state index contributed by atoms with van der Waals surface area (Å²) >= 11 is 8.56. The molecule has 3 rings (SSSR count). The van der Waals surface area contributed by atoms with E-state index in [-0.39, 0.29) is 17.2 Å². The predicted octanol–water partition coefficient (Wildman–Crippen LogP) is 4.81. The Labute approximate surface area is 185 Å². The van der Waals surface area contributed by atoms with Crippen LogP contribution in [0.4, 0.5) is 5.00 Å². The van der Waals surface area contributed by atoms with Gasteiger partial charge in [-0.25, -0.2) is 14.6 Å². The van der Waals surface area contributed by atoms with Gasteiger partial charge in [0, 0.05) is 5.56 Å². The number of carbonyl (C=O) groups excluding carboxylic acids is 3. The molecule has 2 aromatic heterocycles. The van der Waals surface area contributed by atoms with Crippen molar-refractivity contribution >= 4 is 57.1 Å². The Kier molecular flexibility index (Phi) is 7.20. The number of hydrogen-bond donors (Lipinski definition) is 1. The van der Waals surface area contributed by atoms with Gasteiger partial charge in [-0.1, -0.05) is 41.9 Å². The van der Waals surface area contributed by atoms with E-state index in [1.165, 1.54) is 5.51 Å². The van der Waals surface area contributed by atoms with Gasteiger partial charge in [0.1, 0.15) is 19.8 Å². The molecule has 0 saturated heterocycles. The van der Waals surface area contributed by atoms with Crippen LogP contribution in [0.5, 0.6) is 0 Å². The number of aromatic nitrogens is 1. The number of benzene rings is 1. The first-order chi connectivity index (χ1) is 14.4. The molecule has 30 heavy (non-hydrogen) atoms. The molecule has 10 heteroatoms. The number of anilines is 1. The monoisotopic (exact) mass is 464 g/mol. The molecule has 156 valence electrons. The van der Waals surface area contributed by atoms with Gasteiger partial charge in [0.05, 0.1) is 17.8 Å². The van der Waals surface area contributed by atoms with E-state index in [1.807, 2.05) is 18.2 Å². The molecule has 0 atom stereocenters. The van der Waals surface area contributed by atoms with Crippen molar-refractivity contribution in [3.8, 4) is 11.1 Å². The maximum atomic E-state index is 12.6. The molecule has 0 aliphatic carbocycles. The van der Waals surface area contributed by atoms with Crippen molar-refractivity contribution in [3.05, 3.63) is 56.3 Å². The fraction of sp³-hybridized carbons (Fsp3) is 0.200. The number of aryl methyl sites for hydroxylation is 1. The lowest BCUT2D eigenvalue weighted by Crippen LogP contribution is -2.21. The van der Waals surface area contributed by atoms with Crippen molar-refractivity contribution < 1.29 is 23.9 Å². The molecular weight excluding hydrogens is 448 g/mol. The van der Waals surface area contributed by atoms with Gasteiger partial charge in [-0.15, -0.1) is 22.7 Å². The van der Waals surface area contributed by atoms with Crippen molar-refractivity contribution in [2.24, 2.45) is 0 Å². The largest absolute Gasteiger partial charge is 0.462 e. The van der Waals surface area contributed by atoms with E-state index in [4.69, 9.17) is 21.1 Å². The average Bonchev–Trinajstić information content (AvgIpc) is 3.29. The molecule has 0 aliphatic rings. The Morgan fingerprint density at radius 2 is 1.87 bits per heavy atom. The highest BCUT2D eigenvalue weighted by atomic mass is 35.5. The zero-order valence-corrected chi connectivity index (χ0v) is 18.5. The smallest absolute Gasteiger partial charge is 0.350 e. The lowest BCUT2D eigenvalue weighted by molar-refractivity contribution is -0.119. The second-order valence-electron chi connectivity index (χ2n) is 5.93. The van der Waals surface area contributed by atoms with E-state index in [0.717, 1.165) is 28.2 Å². The molecule has 7 nitrogen and oxygen atoms in total. The second-order valence-corrected chi connectivity index (χ2v) is 8.41. The topological polar surface area (TPSA) is 94.6 Å². The van der Waals surface area contributed by atoms with Crippen LogP contribution < -0.4 is 5.32 Å². The molecule has 0 radical (unpaired) electrons. The molecule has 0 saturated carbocycles. The summed E-state index contributed by atoms with van der Waals surface area (Å²) in [5.41, 5.74) is 3.42. The molecule has 0 unspecified atom stereocenters. The minimum Gasteiger partial charge on any atom is -0.462 e. The molecule has 0 fully saturated rings. The molecule has 1 aromatic carbocycles. The number of rotatable bonds is 7. The summed E-state index contributed by atoms with van der Waals surface area (Å²) in [5, 5.41) is 2.83. The van der Waals surface area contributed by atoms with Gasteiger partial charge in [0.2, 0.25) is 0 Å². The Balaban J connectivity index is 1.81. The van der Waals surface area contributed by atoms with Gasteiger partial charge < -0.3 is 14.8 Å². The van der Waals surface area contributed by atoms with Crippen molar-refractivity contribution in [2.45, 2.75) is 13.8 Å². The molecule has 0 bridgehead atoms. The van der Waals surface area contributed by atoms with Crippen LogP contribution in [0.3, 0.4) is 0 Å². The average molecular weight is 465 g/mol. The first kappa shape index (κ1) is 21.9. The summed E-state index contributed by atoms with van der Waals surface area (Å²) in [7, 11) is 0. The number of carbonyl (C=O) groups is 3. The standard InChI is InChI=1S/C20H17ClN2O5S2/c1-3-27-19(25)15-14(12-7-5-4-6-8-12)17(21)30-18(15)23-13(24)9-28-20(26)16-11(2)22-10-29-16/h4-8,10H,3,9H2,1-2H3,(H,23,24). The number of nitrogens with zero attached hydrogens (tertiary/aromatic N) is 1. The number of esters is 2. The quantitative estimate of drug-likeness (QED) is 0.504. The van der Waals surface area contributed by atoms with Gasteiger partial charge in [0.25, 0.3) is 5.91 Å². The van der Waals surface area contributed by atoms with Crippen molar-refractivity contribution in [1.82, 2.24) is 4.98 Å². The van der Waals surface area contributed by atoms with Gasteiger partial charge in [0.15, 0.2) is 6.61 Å². The van der Waals surface area contributed by atoms with Gasteiger partial charge in [-0.2, -0.15) is 0 Å². The summed E-state index contributed by atoms with van der Waals surface area (Å²) in [6.07, 6.45) is 0. The van der Waals surface area contributed by atoms with E-state index in [2.05, 4.69) is 10.3 Å². The zero-order chi connectivity index (χ0) is 21.7. The van der Waals surface area contributed by atoms with Crippen molar-refractivity contribution in [2.75, 3.05) is 18.5 Å². The first-order valence-electron chi connectivity index (χ1n) is 8.84. The fourth-order valence-electron chi connectivity index (χ4n) is 2.61. The minimum atomic E-state index is -0.634. The molecule has 3 aromatic rings. The van der Waals surface area contributed by atoms with Crippen LogP contribution >= 0.6 is 34.3 Å². The minimum absolute atomic E-state index is 0.163. The van der Waals surface area contributed by atoms with Gasteiger partial charge in [-0.3, -0.25) is 4.79 Å². The zero-order valence-electron chi connectivity index (χ0n) is 16.1. The highest BCUT2D eigenvalue weighted by Gasteiger charge is 2.26. The highest BCUT2D eigenvalue weighted by Crippen LogP contribution is 2.43. The molecule has 2 heterocycles. The molecule has 1 amide bonds. The van der Waals surface area contributed by atoms with E-state index < -0.39 is 24.5 Å². The van der Waals surface area contributed by atoms with Crippen LogP contribution in [0.25, 0.3) is 11.1 Å². The Hall–Kier alpha value is -2.75. The normalized spacial score (nSPS) is 10.5. The number of amides is 1. The second kappa shape index (κ2) is 9.84. The number of thiazole rings is 1. The van der Waals surface area contributed by atoms with Crippen molar-refractivity contribution in [1.29, 1.82) is 0 Å². The number of nitrogens with one attached hydrogen (secondary N) is 1. The van der Waals surface area contributed by atoms with E-state index in [0.29, 0.717) is 20.5 Å². The summed E-state index contributed by atoms with van der Waals surface area (Å²) in [6, 6.07) is 9.09. The van der Waals surface area contributed by atoms with Crippen LogP contribution in [0, 0.1) is 6.92 Å². The summed E-state index contributed by atoms with van der Waals surface area (Å²) < 4.78 is 10.5. The van der Waals surface area contributed by atoms with E-state index in [1.54, 1.807) is 26.0 Å². The Bertz CT molecular complexity index is 1080. The number of halogens is 1. The third-order valence-corrected chi connectivity index (χ3v) is 6.15. The molecule has 0 spiro atoms. The highest BCUT2D eigenvalue weighted by molar-refractivity contribution is 7.21. The molecular formula is C20H17ClN2O5S2. The molecule has 0 aliphatic heterocycles. The maximum Gasteiger partial charge on any atom is 0.350 e. The summed E-state index contributed by atoms with van der Waals surface area (Å²) in [6.45, 7) is 3.01. The summed E-state index contributed by atoms with van der Waals surface area (Å²) in [5.74, 6) is -1.84. The predicted molar refractivity (Wildman–Crippen MR) is 116 cm³/mol.